The van der Waals surface area contributed by atoms with Crippen LogP contribution in [-0.2, 0) is 6.54 Å². The van der Waals surface area contributed by atoms with Gasteiger partial charge in [-0.3, -0.25) is 4.90 Å². The minimum atomic E-state index is -0.201. The van der Waals surface area contributed by atoms with Gasteiger partial charge in [-0.1, -0.05) is 32.0 Å². The van der Waals surface area contributed by atoms with Gasteiger partial charge in [0.1, 0.15) is 5.82 Å². The average Bonchev–Trinajstić information content (AvgIpc) is 2.99. The van der Waals surface area contributed by atoms with Crippen LogP contribution in [-0.4, -0.2) is 17.5 Å². The predicted octanol–water partition coefficient (Wildman–Crippen LogP) is 4.19. The minimum absolute atomic E-state index is 0.00767. The standard InChI is InChI=1S/C17H23FN2S/c1-3-16(19)17(13-7-5-8-14(18)11-13)20(4-2)12-15-9-6-10-21-15/h5-11,16-17H,3-4,12,19H2,1-2H3. The molecule has 1 heterocycles. The smallest absolute Gasteiger partial charge is 0.123 e. The van der Waals surface area contributed by atoms with Crippen molar-refractivity contribution in [2.24, 2.45) is 5.73 Å². The fourth-order valence-corrected chi connectivity index (χ4v) is 3.38. The van der Waals surface area contributed by atoms with Gasteiger partial charge in [0, 0.05) is 17.5 Å². The zero-order valence-electron chi connectivity index (χ0n) is 12.6. The van der Waals surface area contributed by atoms with E-state index in [2.05, 4.69) is 36.3 Å². The molecule has 0 bridgehead atoms. The second-order valence-corrected chi connectivity index (χ2v) is 6.25. The molecule has 0 amide bonds. The first-order chi connectivity index (χ1) is 10.2. The lowest BCUT2D eigenvalue weighted by Gasteiger charge is -2.34. The maximum atomic E-state index is 13.6. The van der Waals surface area contributed by atoms with Crippen LogP contribution in [0.3, 0.4) is 0 Å². The molecule has 2 unspecified atom stereocenters. The maximum Gasteiger partial charge on any atom is 0.123 e. The quantitative estimate of drug-likeness (QED) is 0.831. The largest absolute Gasteiger partial charge is 0.326 e. The minimum Gasteiger partial charge on any atom is -0.326 e. The monoisotopic (exact) mass is 306 g/mol. The van der Waals surface area contributed by atoms with E-state index in [1.807, 2.05) is 6.07 Å². The third-order valence-electron chi connectivity index (χ3n) is 3.81. The number of nitrogens with zero attached hydrogens (tertiary/aromatic N) is 1. The Morgan fingerprint density at radius 3 is 2.62 bits per heavy atom. The Kier molecular flexibility index (Phi) is 5.91. The van der Waals surface area contributed by atoms with Crippen LogP contribution in [0.5, 0.6) is 0 Å². The van der Waals surface area contributed by atoms with Crippen molar-refractivity contribution in [3.63, 3.8) is 0 Å². The zero-order chi connectivity index (χ0) is 15.2. The predicted molar refractivity (Wildman–Crippen MR) is 87.8 cm³/mol. The number of thiophene rings is 1. The first-order valence-corrected chi connectivity index (χ1v) is 8.31. The molecule has 2 aromatic rings. The lowest BCUT2D eigenvalue weighted by molar-refractivity contribution is 0.170. The molecule has 1 aromatic carbocycles. The number of hydrogen-bond acceptors (Lipinski definition) is 3. The molecule has 0 radical (unpaired) electrons. The second-order valence-electron chi connectivity index (χ2n) is 5.21. The summed E-state index contributed by atoms with van der Waals surface area (Å²) < 4.78 is 13.6. The van der Waals surface area contributed by atoms with E-state index >= 15 is 0 Å². The Labute approximate surface area is 130 Å². The zero-order valence-corrected chi connectivity index (χ0v) is 13.4. The Hall–Kier alpha value is -1.23. The fourth-order valence-electron chi connectivity index (χ4n) is 2.65. The summed E-state index contributed by atoms with van der Waals surface area (Å²) in [7, 11) is 0. The van der Waals surface area contributed by atoms with Gasteiger partial charge in [0.2, 0.25) is 0 Å². The molecule has 21 heavy (non-hydrogen) atoms. The molecule has 0 saturated carbocycles. The normalized spacial score (nSPS) is 14.3. The van der Waals surface area contributed by atoms with E-state index in [9.17, 15) is 4.39 Å². The van der Waals surface area contributed by atoms with Crippen molar-refractivity contribution < 1.29 is 4.39 Å². The Morgan fingerprint density at radius 2 is 2.05 bits per heavy atom. The van der Waals surface area contributed by atoms with E-state index in [1.165, 1.54) is 10.9 Å². The molecule has 0 aliphatic carbocycles. The van der Waals surface area contributed by atoms with Gasteiger partial charge in [-0.05, 0) is 42.1 Å². The molecule has 2 nitrogen and oxygen atoms in total. The molecule has 0 fully saturated rings. The second kappa shape index (κ2) is 7.69. The number of rotatable bonds is 7. The van der Waals surface area contributed by atoms with Gasteiger partial charge >= 0.3 is 0 Å². The number of benzene rings is 1. The Morgan fingerprint density at radius 1 is 1.24 bits per heavy atom. The summed E-state index contributed by atoms with van der Waals surface area (Å²) >= 11 is 1.75. The van der Waals surface area contributed by atoms with Gasteiger partial charge < -0.3 is 5.73 Å². The maximum absolute atomic E-state index is 13.6. The van der Waals surface area contributed by atoms with Crippen molar-refractivity contribution >= 4 is 11.3 Å². The third kappa shape index (κ3) is 4.13. The highest BCUT2D eigenvalue weighted by Crippen LogP contribution is 2.28. The van der Waals surface area contributed by atoms with Crippen LogP contribution in [0.1, 0.15) is 36.8 Å². The highest BCUT2D eigenvalue weighted by molar-refractivity contribution is 7.09. The number of likely N-dealkylation sites (N-methyl/N-ethyl adjacent to an activating group) is 1. The molecule has 2 atom stereocenters. The Balaban J connectivity index is 2.29. The Bertz CT molecular complexity index is 541. The summed E-state index contributed by atoms with van der Waals surface area (Å²) in [6.07, 6.45) is 0.863. The molecular formula is C17H23FN2S. The van der Waals surface area contributed by atoms with Crippen molar-refractivity contribution in [3.8, 4) is 0 Å². The van der Waals surface area contributed by atoms with E-state index in [0.717, 1.165) is 25.1 Å². The van der Waals surface area contributed by atoms with E-state index in [0.29, 0.717) is 0 Å². The summed E-state index contributed by atoms with van der Waals surface area (Å²) in [6.45, 7) is 5.94. The molecule has 0 aliphatic heterocycles. The van der Waals surface area contributed by atoms with Gasteiger partial charge in [0.15, 0.2) is 0 Å². The fraction of sp³-hybridized carbons (Fsp3) is 0.412. The van der Waals surface area contributed by atoms with E-state index in [4.69, 9.17) is 5.73 Å². The van der Waals surface area contributed by atoms with Gasteiger partial charge in [-0.25, -0.2) is 4.39 Å². The molecule has 1 aromatic heterocycles. The molecule has 0 spiro atoms. The highest BCUT2D eigenvalue weighted by atomic mass is 32.1. The molecule has 2 N–H and O–H groups in total. The molecule has 114 valence electrons. The van der Waals surface area contributed by atoms with E-state index in [1.54, 1.807) is 23.5 Å². The van der Waals surface area contributed by atoms with Crippen LogP contribution in [0.15, 0.2) is 41.8 Å². The van der Waals surface area contributed by atoms with Crippen molar-refractivity contribution in [2.75, 3.05) is 6.54 Å². The highest BCUT2D eigenvalue weighted by Gasteiger charge is 2.25. The molecule has 4 heteroatoms. The van der Waals surface area contributed by atoms with Crippen molar-refractivity contribution in [1.29, 1.82) is 0 Å². The summed E-state index contributed by atoms with van der Waals surface area (Å²) in [5.41, 5.74) is 7.30. The van der Waals surface area contributed by atoms with Crippen LogP contribution in [0.25, 0.3) is 0 Å². The van der Waals surface area contributed by atoms with Crippen LogP contribution >= 0.6 is 11.3 Å². The van der Waals surface area contributed by atoms with Gasteiger partial charge in [0.05, 0.1) is 6.04 Å². The summed E-state index contributed by atoms with van der Waals surface area (Å²) in [6, 6.07) is 11.0. The molecule has 0 aliphatic rings. The lowest BCUT2D eigenvalue weighted by Crippen LogP contribution is -2.40. The summed E-state index contributed by atoms with van der Waals surface area (Å²) in [5.74, 6) is -0.201. The molecule has 2 rings (SSSR count). The first-order valence-electron chi connectivity index (χ1n) is 7.43. The van der Waals surface area contributed by atoms with Gasteiger partial charge in [-0.15, -0.1) is 11.3 Å². The van der Waals surface area contributed by atoms with Crippen LogP contribution in [0.4, 0.5) is 4.39 Å². The van der Waals surface area contributed by atoms with Crippen LogP contribution < -0.4 is 5.73 Å². The van der Waals surface area contributed by atoms with Gasteiger partial charge in [-0.2, -0.15) is 0 Å². The summed E-state index contributed by atoms with van der Waals surface area (Å²) in [5, 5.41) is 2.08. The number of nitrogens with two attached hydrogens (primary N) is 1. The molecule has 0 saturated heterocycles. The topological polar surface area (TPSA) is 29.3 Å². The SMILES string of the molecule is CCC(N)C(c1cccc(F)c1)N(CC)Cc1cccs1. The molecular weight excluding hydrogens is 283 g/mol. The summed E-state index contributed by atoms with van der Waals surface area (Å²) in [4.78, 5) is 3.64. The van der Waals surface area contributed by atoms with Crippen LogP contribution in [0.2, 0.25) is 0 Å². The lowest BCUT2D eigenvalue weighted by atomic mass is 9.96. The van der Waals surface area contributed by atoms with E-state index in [-0.39, 0.29) is 17.9 Å². The van der Waals surface area contributed by atoms with Crippen molar-refractivity contribution in [1.82, 2.24) is 4.90 Å². The van der Waals surface area contributed by atoms with Crippen molar-refractivity contribution in [2.45, 2.75) is 38.9 Å². The number of hydrogen-bond donors (Lipinski definition) is 1. The van der Waals surface area contributed by atoms with Crippen molar-refractivity contribution in [3.05, 3.63) is 58.0 Å². The van der Waals surface area contributed by atoms with Gasteiger partial charge in [0.25, 0.3) is 0 Å². The first kappa shape index (κ1) is 16.1. The third-order valence-corrected chi connectivity index (χ3v) is 4.67. The van der Waals surface area contributed by atoms with Crippen LogP contribution in [0, 0.1) is 5.82 Å². The number of halogens is 1. The van der Waals surface area contributed by atoms with E-state index < -0.39 is 0 Å². The average molecular weight is 306 g/mol.